The molecule has 0 bridgehead atoms. The lowest BCUT2D eigenvalue weighted by molar-refractivity contribution is 0.112. The van der Waals surface area contributed by atoms with Gasteiger partial charge in [-0.15, -0.1) is 0 Å². The maximum atomic E-state index is 10.6. The van der Waals surface area contributed by atoms with Crippen molar-refractivity contribution in [1.82, 2.24) is 0 Å². The molecule has 0 fully saturated rings. The number of rotatable bonds is 8. The molecule has 0 aliphatic carbocycles. The fraction of sp³-hybridized carbons (Fsp3) is 0.235. The van der Waals surface area contributed by atoms with Gasteiger partial charge in [0.1, 0.15) is 23.5 Å². The lowest BCUT2D eigenvalue weighted by atomic mass is 10.2. The molecule has 116 valence electrons. The Morgan fingerprint density at radius 1 is 1.00 bits per heavy atom. The molecule has 0 saturated heterocycles. The average Bonchev–Trinajstić information content (AvgIpc) is 2.56. The van der Waals surface area contributed by atoms with Crippen molar-refractivity contribution < 1.29 is 19.0 Å². The van der Waals surface area contributed by atoms with Crippen LogP contribution in [-0.2, 0) is 0 Å². The van der Waals surface area contributed by atoms with Gasteiger partial charge in [0, 0.05) is 12.0 Å². The number of hydrogen-bond donors (Lipinski definition) is 1. The van der Waals surface area contributed by atoms with E-state index in [2.05, 4.69) is 0 Å². The third-order valence-corrected chi connectivity index (χ3v) is 3.04. The number of aldehydes is 1. The van der Waals surface area contributed by atoms with Crippen LogP contribution in [-0.4, -0.2) is 26.6 Å². The molecule has 2 aromatic rings. The van der Waals surface area contributed by atoms with Crippen LogP contribution < -0.4 is 19.9 Å². The Balaban J connectivity index is 1.71. The van der Waals surface area contributed by atoms with E-state index in [9.17, 15) is 4.79 Å². The number of hydrogen-bond acceptors (Lipinski definition) is 5. The minimum absolute atomic E-state index is 0.459. The van der Waals surface area contributed by atoms with E-state index >= 15 is 0 Å². The van der Waals surface area contributed by atoms with Crippen LogP contribution in [0.2, 0.25) is 0 Å². The van der Waals surface area contributed by atoms with Crippen LogP contribution >= 0.6 is 0 Å². The molecule has 2 rings (SSSR count). The first-order valence-electron chi connectivity index (χ1n) is 6.97. The molecule has 0 heterocycles. The van der Waals surface area contributed by atoms with Gasteiger partial charge in [0.15, 0.2) is 0 Å². The number of methoxy groups -OCH3 is 1. The van der Waals surface area contributed by atoms with Crippen LogP contribution in [0, 0.1) is 0 Å². The normalized spacial score (nSPS) is 10.0. The summed E-state index contributed by atoms with van der Waals surface area (Å²) in [6, 6.07) is 12.4. The molecule has 5 nitrogen and oxygen atoms in total. The zero-order valence-electron chi connectivity index (χ0n) is 12.5. The van der Waals surface area contributed by atoms with Gasteiger partial charge in [-0.3, -0.25) is 4.79 Å². The summed E-state index contributed by atoms with van der Waals surface area (Å²) in [7, 11) is 1.63. The van der Waals surface area contributed by atoms with Gasteiger partial charge in [0.25, 0.3) is 0 Å². The highest BCUT2D eigenvalue weighted by Crippen LogP contribution is 2.22. The predicted molar refractivity (Wildman–Crippen MR) is 84.8 cm³/mol. The molecule has 22 heavy (non-hydrogen) atoms. The van der Waals surface area contributed by atoms with Crippen molar-refractivity contribution in [1.29, 1.82) is 0 Å². The molecular formula is C17H19NO4. The van der Waals surface area contributed by atoms with Crippen molar-refractivity contribution in [3.8, 4) is 17.2 Å². The van der Waals surface area contributed by atoms with Crippen molar-refractivity contribution >= 4 is 12.0 Å². The predicted octanol–water partition coefficient (Wildman–Crippen LogP) is 2.94. The molecular weight excluding hydrogens is 282 g/mol. The SMILES string of the molecule is COc1ccc(OCCCOc2ccc(C=O)cc2N)cc1. The van der Waals surface area contributed by atoms with Crippen molar-refractivity contribution in [2.24, 2.45) is 0 Å². The van der Waals surface area contributed by atoms with E-state index in [0.29, 0.717) is 30.2 Å². The summed E-state index contributed by atoms with van der Waals surface area (Å²) >= 11 is 0. The van der Waals surface area contributed by atoms with Gasteiger partial charge >= 0.3 is 0 Å². The summed E-state index contributed by atoms with van der Waals surface area (Å²) in [5.41, 5.74) is 6.80. The largest absolute Gasteiger partial charge is 0.497 e. The Kier molecular flexibility index (Phi) is 5.65. The highest BCUT2D eigenvalue weighted by Gasteiger charge is 2.02. The monoisotopic (exact) mass is 301 g/mol. The number of benzene rings is 2. The first-order chi connectivity index (χ1) is 10.7. The van der Waals surface area contributed by atoms with Crippen molar-refractivity contribution in [3.05, 3.63) is 48.0 Å². The van der Waals surface area contributed by atoms with Crippen LogP contribution in [0.5, 0.6) is 17.2 Å². The Labute approximate surface area is 129 Å². The second-order valence-corrected chi connectivity index (χ2v) is 4.64. The zero-order chi connectivity index (χ0) is 15.8. The van der Waals surface area contributed by atoms with Crippen molar-refractivity contribution in [2.75, 3.05) is 26.1 Å². The van der Waals surface area contributed by atoms with E-state index in [-0.39, 0.29) is 0 Å². The molecule has 0 spiro atoms. The number of nitrogens with two attached hydrogens (primary N) is 1. The third-order valence-electron chi connectivity index (χ3n) is 3.04. The second-order valence-electron chi connectivity index (χ2n) is 4.64. The van der Waals surface area contributed by atoms with Crippen LogP contribution in [0.15, 0.2) is 42.5 Å². The molecule has 2 aromatic carbocycles. The lowest BCUT2D eigenvalue weighted by Crippen LogP contribution is -2.06. The fourth-order valence-corrected chi connectivity index (χ4v) is 1.87. The van der Waals surface area contributed by atoms with Gasteiger partial charge in [0.2, 0.25) is 0 Å². The topological polar surface area (TPSA) is 70.8 Å². The molecule has 0 radical (unpaired) electrons. The molecule has 0 aliphatic rings. The zero-order valence-corrected chi connectivity index (χ0v) is 12.5. The van der Waals surface area contributed by atoms with Crippen molar-refractivity contribution in [2.45, 2.75) is 6.42 Å². The number of nitrogen functional groups attached to an aromatic ring is 1. The van der Waals surface area contributed by atoms with Gasteiger partial charge in [-0.25, -0.2) is 0 Å². The molecule has 0 aromatic heterocycles. The first kappa shape index (κ1) is 15.7. The minimum atomic E-state index is 0.459. The highest BCUT2D eigenvalue weighted by molar-refractivity contribution is 5.78. The molecule has 0 atom stereocenters. The minimum Gasteiger partial charge on any atom is -0.497 e. The van der Waals surface area contributed by atoms with E-state index in [1.54, 1.807) is 25.3 Å². The quantitative estimate of drug-likeness (QED) is 0.461. The Hall–Kier alpha value is -2.69. The smallest absolute Gasteiger partial charge is 0.150 e. The number of anilines is 1. The van der Waals surface area contributed by atoms with E-state index in [0.717, 1.165) is 24.2 Å². The van der Waals surface area contributed by atoms with E-state index in [4.69, 9.17) is 19.9 Å². The number of ether oxygens (including phenoxy) is 3. The highest BCUT2D eigenvalue weighted by atomic mass is 16.5. The van der Waals surface area contributed by atoms with Crippen LogP contribution in [0.25, 0.3) is 0 Å². The summed E-state index contributed by atoms with van der Waals surface area (Å²) in [6.07, 6.45) is 1.48. The van der Waals surface area contributed by atoms with Crippen LogP contribution in [0.3, 0.4) is 0 Å². The standard InChI is InChI=1S/C17H19NO4/c1-20-14-4-6-15(7-5-14)21-9-2-10-22-17-8-3-13(12-19)11-16(17)18/h3-8,11-12H,2,9-10,18H2,1H3. The molecule has 0 aliphatic heterocycles. The van der Waals surface area contributed by atoms with Gasteiger partial charge in [0.05, 0.1) is 26.0 Å². The first-order valence-corrected chi connectivity index (χ1v) is 6.97. The molecule has 0 unspecified atom stereocenters. The molecule has 2 N–H and O–H groups in total. The maximum absolute atomic E-state index is 10.6. The van der Waals surface area contributed by atoms with E-state index in [1.165, 1.54) is 0 Å². The Morgan fingerprint density at radius 2 is 1.68 bits per heavy atom. The van der Waals surface area contributed by atoms with Gasteiger partial charge in [-0.05, 0) is 42.5 Å². The van der Waals surface area contributed by atoms with E-state index < -0.39 is 0 Å². The lowest BCUT2D eigenvalue weighted by Gasteiger charge is -2.10. The summed E-state index contributed by atoms with van der Waals surface area (Å²) in [5, 5.41) is 0. The van der Waals surface area contributed by atoms with Crippen molar-refractivity contribution in [3.63, 3.8) is 0 Å². The van der Waals surface area contributed by atoms with Crippen LogP contribution in [0.1, 0.15) is 16.8 Å². The fourth-order valence-electron chi connectivity index (χ4n) is 1.87. The van der Waals surface area contributed by atoms with Gasteiger partial charge < -0.3 is 19.9 Å². The molecule has 5 heteroatoms. The summed E-state index contributed by atoms with van der Waals surface area (Å²) in [5.74, 6) is 2.16. The number of carbonyl (C=O) groups is 1. The van der Waals surface area contributed by atoms with Crippen LogP contribution in [0.4, 0.5) is 5.69 Å². The van der Waals surface area contributed by atoms with Gasteiger partial charge in [-0.1, -0.05) is 0 Å². The Morgan fingerprint density at radius 3 is 2.32 bits per heavy atom. The van der Waals surface area contributed by atoms with E-state index in [1.807, 2.05) is 24.3 Å². The average molecular weight is 301 g/mol. The summed E-state index contributed by atoms with van der Waals surface area (Å²) < 4.78 is 16.2. The second kappa shape index (κ2) is 7.93. The van der Waals surface area contributed by atoms with Gasteiger partial charge in [-0.2, -0.15) is 0 Å². The molecule has 0 saturated carbocycles. The summed E-state index contributed by atoms with van der Waals surface area (Å²) in [4.78, 5) is 10.6. The maximum Gasteiger partial charge on any atom is 0.150 e. The third kappa shape index (κ3) is 4.41. The summed E-state index contributed by atoms with van der Waals surface area (Å²) in [6.45, 7) is 1.03. The Bertz CT molecular complexity index is 611. The molecule has 0 amide bonds. The number of carbonyl (C=O) groups excluding carboxylic acids is 1.